The van der Waals surface area contributed by atoms with Gasteiger partial charge in [-0.05, 0) is 18.6 Å². The Morgan fingerprint density at radius 2 is 2.10 bits per heavy atom. The van der Waals surface area contributed by atoms with Crippen LogP contribution >= 0.6 is 0 Å². The van der Waals surface area contributed by atoms with Crippen LogP contribution in [0.1, 0.15) is 16.8 Å². The predicted molar refractivity (Wildman–Crippen MR) is 73.9 cm³/mol. The number of carbonyl (C=O) groups is 2. The summed E-state index contributed by atoms with van der Waals surface area (Å²) in [5.41, 5.74) is -0.702. The predicted octanol–water partition coefficient (Wildman–Crippen LogP) is 1.41. The molecule has 1 aromatic carbocycles. The summed E-state index contributed by atoms with van der Waals surface area (Å²) in [5.74, 6) is -1.71. The second kappa shape index (κ2) is 7.59. The molecule has 0 saturated heterocycles. The molecule has 0 aromatic heterocycles. The van der Waals surface area contributed by atoms with Crippen molar-refractivity contribution in [2.75, 3.05) is 23.9 Å². The molecule has 2 amide bonds. The van der Waals surface area contributed by atoms with Crippen LogP contribution in [0.2, 0.25) is 0 Å². The van der Waals surface area contributed by atoms with Gasteiger partial charge >= 0.3 is 12.0 Å². The first-order valence-corrected chi connectivity index (χ1v) is 7.51. The Balaban J connectivity index is 2.62. The Labute approximate surface area is 117 Å². The number of urea groups is 1. The quantitative estimate of drug-likeness (QED) is 0.692. The molecule has 0 heterocycles. The molecule has 0 bridgehead atoms. The molecule has 0 aliphatic heterocycles. The lowest BCUT2D eigenvalue weighted by molar-refractivity contribution is 0.0697. The molecule has 8 heteroatoms. The number of hydrogen-bond donors (Lipinski definition) is 3. The number of anilines is 1. The van der Waals surface area contributed by atoms with E-state index in [4.69, 9.17) is 5.11 Å². The number of nitrogens with one attached hydrogen (secondary N) is 2. The Morgan fingerprint density at radius 1 is 1.40 bits per heavy atom. The van der Waals surface area contributed by atoms with Gasteiger partial charge in [-0.1, -0.05) is 6.07 Å². The molecule has 0 radical (unpaired) electrons. The lowest BCUT2D eigenvalue weighted by Crippen LogP contribution is -2.31. The second-order valence-electron chi connectivity index (χ2n) is 3.98. The summed E-state index contributed by atoms with van der Waals surface area (Å²) in [6.45, 7) is 0.266. The standard InChI is InChI=1S/C12H15FN2O4S/c1-20(19)7-3-6-14-12(18)15-10-8(11(16)17)4-2-5-9(10)13/h2,4-5H,3,6-7H2,1H3,(H,16,17)(H2,14,15,18). The summed E-state index contributed by atoms with van der Waals surface area (Å²) < 4.78 is 24.3. The number of carboxylic acid groups (broad SMARTS) is 1. The Kier molecular flexibility index (Phi) is 6.10. The first-order valence-electron chi connectivity index (χ1n) is 5.78. The maximum absolute atomic E-state index is 13.5. The molecule has 1 unspecified atom stereocenters. The molecule has 0 saturated carbocycles. The Bertz CT molecular complexity index is 536. The number of hydrogen-bond acceptors (Lipinski definition) is 3. The van der Waals surface area contributed by atoms with Crippen molar-refractivity contribution in [1.82, 2.24) is 5.32 Å². The van der Waals surface area contributed by atoms with Crippen LogP contribution < -0.4 is 10.6 Å². The number of benzene rings is 1. The van der Waals surface area contributed by atoms with Crippen LogP contribution in [0.15, 0.2) is 18.2 Å². The van der Waals surface area contributed by atoms with Crippen molar-refractivity contribution < 1.29 is 23.3 Å². The molecule has 20 heavy (non-hydrogen) atoms. The highest BCUT2D eigenvalue weighted by Crippen LogP contribution is 2.19. The second-order valence-corrected chi connectivity index (χ2v) is 5.53. The van der Waals surface area contributed by atoms with E-state index in [1.807, 2.05) is 0 Å². The van der Waals surface area contributed by atoms with E-state index in [-0.39, 0.29) is 17.8 Å². The summed E-state index contributed by atoms with van der Waals surface area (Å²) in [6.07, 6.45) is 2.07. The van der Waals surface area contributed by atoms with Crippen molar-refractivity contribution in [2.45, 2.75) is 6.42 Å². The number of para-hydroxylation sites is 1. The van der Waals surface area contributed by atoms with Gasteiger partial charge in [-0.15, -0.1) is 0 Å². The number of aromatic carboxylic acids is 1. The first kappa shape index (κ1) is 16.1. The normalized spacial score (nSPS) is 11.7. The van der Waals surface area contributed by atoms with Gasteiger partial charge in [0.15, 0.2) is 0 Å². The molecule has 110 valence electrons. The summed E-state index contributed by atoms with van der Waals surface area (Å²) in [6, 6.07) is 2.79. The third-order valence-electron chi connectivity index (χ3n) is 2.38. The zero-order valence-corrected chi connectivity index (χ0v) is 11.6. The molecule has 6 nitrogen and oxygen atoms in total. The monoisotopic (exact) mass is 302 g/mol. The number of carboxylic acids is 1. The fourth-order valence-electron chi connectivity index (χ4n) is 1.46. The highest BCUT2D eigenvalue weighted by Gasteiger charge is 2.16. The zero-order chi connectivity index (χ0) is 15.1. The van der Waals surface area contributed by atoms with Crippen LogP contribution in [0.25, 0.3) is 0 Å². The van der Waals surface area contributed by atoms with Gasteiger partial charge in [0.2, 0.25) is 0 Å². The average molecular weight is 302 g/mol. The molecule has 0 fully saturated rings. The smallest absolute Gasteiger partial charge is 0.337 e. The minimum absolute atomic E-state index is 0.266. The Hall–Kier alpha value is -1.96. The van der Waals surface area contributed by atoms with Crippen LogP contribution in [0.3, 0.4) is 0 Å². The molecule has 0 spiro atoms. The fraction of sp³-hybridized carbons (Fsp3) is 0.333. The van der Waals surface area contributed by atoms with Crippen molar-refractivity contribution in [1.29, 1.82) is 0 Å². The van der Waals surface area contributed by atoms with Gasteiger partial charge in [0.1, 0.15) is 5.82 Å². The lowest BCUT2D eigenvalue weighted by Gasteiger charge is -2.10. The van der Waals surface area contributed by atoms with Gasteiger partial charge in [-0.25, -0.2) is 14.0 Å². The summed E-state index contributed by atoms with van der Waals surface area (Å²) >= 11 is 0. The molecule has 3 N–H and O–H groups in total. The SMILES string of the molecule is CS(=O)CCCNC(=O)Nc1c(F)cccc1C(=O)O. The van der Waals surface area contributed by atoms with Gasteiger partial charge in [-0.2, -0.15) is 0 Å². The Morgan fingerprint density at radius 3 is 2.70 bits per heavy atom. The van der Waals surface area contributed by atoms with Crippen molar-refractivity contribution in [3.8, 4) is 0 Å². The van der Waals surface area contributed by atoms with Crippen molar-refractivity contribution in [3.63, 3.8) is 0 Å². The molecule has 1 rings (SSSR count). The number of amides is 2. The lowest BCUT2D eigenvalue weighted by atomic mass is 10.1. The van der Waals surface area contributed by atoms with Crippen LogP contribution in [0.4, 0.5) is 14.9 Å². The van der Waals surface area contributed by atoms with Gasteiger partial charge in [-0.3, -0.25) is 4.21 Å². The number of rotatable bonds is 6. The third kappa shape index (κ3) is 4.96. The van der Waals surface area contributed by atoms with Gasteiger partial charge in [0, 0.05) is 29.4 Å². The summed E-state index contributed by atoms with van der Waals surface area (Å²) in [7, 11) is -0.941. The van der Waals surface area contributed by atoms with E-state index >= 15 is 0 Å². The van der Waals surface area contributed by atoms with E-state index < -0.39 is 28.6 Å². The van der Waals surface area contributed by atoms with Crippen molar-refractivity contribution >= 4 is 28.5 Å². The molecular weight excluding hydrogens is 287 g/mol. The van der Waals surface area contributed by atoms with Crippen molar-refractivity contribution in [2.24, 2.45) is 0 Å². The molecule has 1 atom stereocenters. The third-order valence-corrected chi connectivity index (χ3v) is 3.24. The largest absolute Gasteiger partial charge is 0.478 e. The van der Waals surface area contributed by atoms with E-state index in [2.05, 4.69) is 10.6 Å². The minimum Gasteiger partial charge on any atom is -0.478 e. The van der Waals surface area contributed by atoms with E-state index in [0.29, 0.717) is 12.2 Å². The molecule has 1 aromatic rings. The maximum atomic E-state index is 13.5. The summed E-state index contributed by atoms with van der Waals surface area (Å²) in [5, 5.41) is 13.5. The summed E-state index contributed by atoms with van der Waals surface area (Å²) in [4.78, 5) is 22.4. The highest BCUT2D eigenvalue weighted by molar-refractivity contribution is 7.84. The van der Waals surface area contributed by atoms with Gasteiger partial charge < -0.3 is 15.7 Å². The number of halogens is 1. The van der Waals surface area contributed by atoms with E-state index in [1.54, 1.807) is 6.26 Å². The van der Waals surface area contributed by atoms with Crippen LogP contribution in [-0.2, 0) is 10.8 Å². The van der Waals surface area contributed by atoms with Gasteiger partial charge in [0.25, 0.3) is 0 Å². The average Bonchev–Trinajstić information content (AvgIpc) is 2.36. The van der Waals surface area contributed by atoms with Crippen LogP contribution in [-0.4, -0.2) is 39.9 Å². The molecule has 0 aliphatic rings. The highest BCUT2D eigenvalue weighted by atomic mass is 32.2. The minimum atomic E-state index is -1.33. The van der Waals surface area contributed by atoms with Crippen molar-refractivity contribution in [3.05, 3.63) is 29.6 Å². The van der Waals surface area contributed by atoms with Gasteiger partial charge in [0.05, 0.1) is 11.3 Å². The van der Waals surface area contributed by atoms with Crippen LogP contribution in [0, 0.1) is 5.82 Å². The first-order chi connectivity index (χ1) is 9.41. The fourth-order valence-corrected chi connectivity index (χ4v) is 2.02. The number of carbonyl (C=O) groups excluding carboxylic acids is 1. The maximum Gasteiger partial charge on any atom is 0.337 e. The van der Waals surface area contributed by atoms with E-state index in [9.17, 15) is 18.2 Å². The van der Waals surface area contributed by atoms with Crippen LogP contribution in [0.5, 0.6) is 0 Å². The molecular formula is C12H15FN2O4S. The van der Waals surface area contributed by atoms with E-state index in [0.717, 1.165) is 6.07 Å². The zero-order valence-electron chi connectivity index (χ0n) is 10.8. The topological polar surface area (TPSA) is 95.5 Å². The molecule has 0 aliphatic carbocycles. The van der Waals surface area contributed by atoms with E-state index in [1.165, 1.54) is 12.1 Å².